The summed E-state index contributed by atoms with van der Waals surface area (Å²) in [4.78, 5) is 20.0. The number of aryl methyl sites for hydroxylation is 2. The smallest absolute Gasteiger partial charge is 0.264 e. The van der Waals surface area contributed by atoms with E-state index in [2.05, 4.69) is 30.6 Å². The number of nitrogens with one attached hydrogen (secondary N) is 2. The molecule has 2 atom stereocenters. The van der Waals surface area contributed by atoms with Crippen molar-refractivity contribution in [3.8, 4) is 5.75 Å². The van der Waals surface area contributed by atoms with Crippen molar-refractivity contribution in [3.05, 3.63) is 103 Å². The summed E-state index contributed by atoms with van der Waals surface area (Å²) in [5.74, 6) is 0.774. The lowest BCUT2D eigenvalue weighted by atomic mass is 10.0. The second kappa shape index (κ2) is 14.9. The first-order valence-electron chi connectivity index (χ1n) is 16.1. The largest absolute Gasteiger partial charge is 0.506 e. The lowest BCUT2D eigenvalue weighted by Gasteiger charge is -2.34. The van der Waals surface area contributed by atoms with Crippen LogP contribution in [-0.4, -0.2) is 69.7 Å². The topological polar surface area (TPSA) is 193 Å². The summed E-state index contributed by atoms with van der Waals surface area (Å²) in [5.41, 5.74) is 14.8. The number of phenolic OH excluding ortho intramolecular Hbond substituents is 1. The van der Waals surface area contributed by atoms with Gasteiger partial charge in [0.25, 0.3) is 10.0 Å². The SMILES string of the molecule is Cc1ccc(S(=O)(=O)N(Cc2ccccc2)c2ccc(Nc3nc(NCCCn4ccnc4)nc(N4C[C@H](N)C[C@H](N)C4)n3)cc2O)cc1. The number of nitrogens with two attached hydrogens (primary N) is 2. The molecule has 0 unspecified atom stereocenters. The monoisotopic (exact) mass is 683 g/mol. The van der Waals surface area contributed by atoms with Gasteiger partial charge in [-0.15, -0.1) is 0 Å². The van der Waals surface area contributed by atoms with Crippen molar-refractivity contribution < 1.29 is 13.5 Å². The quantitative estimate of drug-likeness (QED) is 0.113. The number of aromatic nitrogens is 5. The Morgan fingerprint density at radius 3 is 2.39 bits per heavy atom. The molecule has 0 spiro atoms. The Bertz CT molecular complexity index is 1930. The standard InChI is InChI=1S/C34H41N11O3S/c1-24-8-11-29(12-9-24)49(47,48)45(20-25-6-3-2-4-7-25)30-13-10-28(19-31(30)46)39-33-40-32(38-14-5-16-43-17-15-37-23-43)41-34(42-33)44-21-26(35)18-27(36)22-44/h2-4,6-13,15,17,19,23,26-27,46H,5,14,16,18,20-22,35-36H2,1H3,(H2,38,39,40,41,42)/t26-,27+. The minimum absolute atomic E-state index is 0.0181. The van der Waals surface area contributed by atoms with Gasteiger partial charge in [-0.05, 0) is 49.6 Å². The van der Waals surface area contributed by atoms with E-state index < -0.39 is 10.0 Å². The maximum absolute atomic E-state index is 14.0. The van der Waals surface area contributed by atoms with Gasteiger partial charge in [0.1, 0.15) is 5.75 Å². The molecule has 0 amide bonds. The van der Waals surface area contributed by atoms with E-state index in [1.807, 2.05) is 52.9 Å². The van der Waals surface area contributed by atoms with E-state index in [-0.39, 0.29) is 40.9 Å². The second-order valence-corrected chi connectivity index (χ2v) is 14.0. The van der Waals surface area contributed by atoms with Crippen molar-refractivity contribution in [1.29, 1.82) is 0 Å². The summed E-state index contributed by atoms with van der Waals surface area (Å²) in [6.07, 6.45) is 6.93. The van der Waals surface area contributed by atoms with E-state index in [1.165, 1.54) is 10.4 Å². The van der Waals surface area contributed by atoms with Crippen LogP contribution in [0.4, 0.5) is 29.2 Å². The average Bonchev–Trinajstić information content (AvgIpc) is 3.60. The average molecular weight is 684 g/mol. The molecule has 7 N–H and O–H groups in total. The van der Waals surface area contributed by atoms with Gasteiger partial charge in [-0.3, -0.25) is 4.31 Å². The van der Waals surface area contributed by atoms with Crippen LogP contribution in [0.15, 0.2) is 96.4 Å². The van der Waals surface area contributed by atoms with Gasteiger partial charge in [-0.2, -0.15) is 15.0 Å². The number of benzene rings is 3. The predicted octanol–water partition coefficient (Wildman–Crippen LogP) is 3.59. The van der Waals surface area contributed by atoms with Crippen LogP contribution in [0.2, 0.25) is 0 Å². The molecule has 0 bridgehead atoms. The van der Waals surface area contributed by atoms with Crippen molar-refractivity contribution >= 4 is 39.2 Å². The second-order valence-electron chi connectivity index (χ2n) is 12.2. The molecular weight excluding hydrogens is 643 g/mol. The van der Waals surface area contributed by atoms with Crippen molar-refractivity contribution in [1.82, 2.24) is 24.5 Å². The van der Waals surface area contributed by atoms with Crippen LogP contribution in [0, 0.1) is 6.92 Å². The van der Waals surface area contributed by atoms with Gasteiger partial charge in [0.15, 0.2) is 0 Å². The molecule has 2 aromatic heterocycles. The maximum Gasteiger partial charge on any atom is 0.264 e. The molecule has 15 heteroatoms. The number of nitrogens with zero attached hydrogens (tertiary/aromatic N) is 7. The van der Waals surface area contributed by atoms with Crippen LogP contribution in [0.5, 0.6) is 5.75 Å². The molecule has 1 aliphatic heterocycles. The molecule has 0 aliphatic carbocycles. The van der Waals surface area contributed by atoms with E-state index in [0.717, 1.165) is 24.1 Å². The molecule has 3 heterocycles. The van der Waals surface area contributed by atoms with Crippen LogP contribution in [-0.2, 0) is 23.1 Å². The molecule has 256 valence electrons. The summed E-state index contributed by atoms with van der Waals surface area (Å²) in [5, 5.41) is 17.8. The van der Waals surface area contributed by atoms with Gasteiger partial charge in [-0.25, -0.2) is 13.4 Å². The van der Waals surface area contributed by atoms with Crippen LogP contribution >= 0.6 is 0 Å². The zero-order valence-corrected chi connectivity index (χ0v) is 28.0. The van der Waals surface area contributed by atoms with Crippen LogP contribution in [0.3, 0.4) is 0 Å². The Hall–Kier alpha value is -5.25. The number of hydrogen-bond acceptors (Lipinski definition) is 12. The van der Waals surface area contributed by atoms with Crippen molar-refractivity contribution in [2.75, 3.05) is 39.5 Å². The predicted molar refractivity (Wildman–Crippen MR) is 190 cm³/mol. The molecule has 1 fully saturated rings. The first-order valence-corrected chi connectivity index (χ1v) is 17.5. The molecule has 0 saturated carbocycles. The first kappa shape index (κ1) is 33.6. The van der Waals surface area contributed by atoms with Crippen LogP contribution in [0.25, 0.3) is 0 Å². The summed E-state index contributed by atoms with van der Waals surface area (Å²) >= 11 is 0. The molecule has 3 aromatic carbocycles. The fraction of sp³-hybridized carbons (Fsp3) is 0.294. The summed E-state index contributed by atoms with van der Waals surface area (Å²) in [6.45, 7) is 4.37. The Kier molecular flexibility index (Phi) is 10.2. The lowest BCUT2D eigenvalue weighted by molar-refractivity contribution is 0.447. The number of piperidine rings is 1. The summed E-state index contributed by atoms with van der Waals surface area (Å²) < 4.78 is 31.1. The minimum atomic E-state index is -4.04. The molecule has 5 aromatic rings. The number of hydrogen-bond donors (Lipinski definition) is 5. The number of aromatic hydroxyl groups is 1. The number of imidazole rings is 1. The van der Waals surface area contributed by atoms with E-state index in [1.54, 1.807) is 48.9 Å². The third-order valence-corrected chi connectivity index (χ3v) is 9.91. The Labute approximate surface area is 285 Å². The van der Waals surface area contributed by atoms with Gasteiger partial charge in [0, 0.05) is 62.4 Å². The number of phenols is 1. The molecular formula is C34H41N11O3S. The fourth-order valence-corrected chi connectivity index (χ4v) is 7.16. The Balaban J connectivity index is 1.27. The molecule has 6 rings (SSSR count). The molecule has 0 radical (unpaired) electrons. The Morgan fingerprint density at radius 2 is 1.69 bits per heavy atom. The highest BCUT2D eigenvalue weighted by Crippen LogP contribution is 2.36. The number of sulfonamides is 1. The van der Waals surface area contributed by atoms with Crippen LogP contribution in [0.1, 0.15) is 24.0 Å². The van der Waals surface area contributed by atoms with Gasteiger partial charge in [-0.1, -0.05) is 48.0 Å². The summed E-state index contributed by atoms with van der Waals surface area (Å²) in [6, 6.07) is 20.3. The van der Waals surface area contributed by atoms with Gasteiger partial charge < -0.3 is 36.7 Å². The maximum atomic E-state index is 14.0. The molecule has 1 aliphatic rings. The van der Waals surface area contributed by atoms with Gasteiger partial charge in [0.05, 0.1) is 23.5 Å². The highest BCUT2D eigenvalue weighted by molar-refractivity contribution is 7.92. The number of rotatable bonds is 13. The van der Waals surface area contributed by atoms with E-state index >= 15 is 0 Å². The van der Waals surface area contributed by atoms with Gasteiger partial charge >= 0.3 is 0 Å². The van der Waals surface area contributed by atoms with E-state index in [0.29, 0.717) is 43.6 Å². The zero-order chi connectivity index (χ0) is 34.4. The molecule has 49 heavy (non-hydrogen) atoms. The fourth-order valence-electron chi connectivity index (χ4n) is 5.69. The summed E-state index contributed by atoms with van der Waals surface area (Å²) in [7, 11) is -4.04. The normalized spacial score (nSPS) is 16.3. The first-order chi connectivity index (χ1) is 23.6. The minimum Gasteiger partial charge on any atom is -0.506 e. The van der Waals surface area contributed by atoms with Crippen molar-refractivity contribution in [3.63, 3.8) is 0 Å². The third-order valence-electron chi connectivity index (χ3n) is 8.14. The molecule has 1 saturated heterocycles. The van der Waals surface area contributed by atoms with Crippen molar-refractivity contribution in [2.45, 2.75) is 49.8 Å². The van der Waals surface area contributed by atoms with E-state index in [9.17, 15) is 13.5 Å². The van der Waals surface area contributed by atoms with E-state index in [4.69, 9.17) is 11.5 Å². The van der Waals surface area contributed by atoms with Crippen LogP contribution < -0.4 is 31.3 Å². The highest BCUT2D eigenvalue weighted by atomic mass is 32.2. The third kappa shape index (κ3) is 8.43. The Morgan fingerprint density at radius 1 is 0.959 bits per heavy atom. The lowest BCUT2D eigenvalue weighted by Crippen LogP contribution is -2.52. The number of anilines is 5. The van der Waals surface area contributed by atoms with Crippen molar-refractivity contribution in [2.24, 2.45) is 11.5 Å². The van der Waals surface area contributed by atoms with Gasteiger partial charge in [0.2, 0.25) is 17.8 Å². The zero-order valence-electron chi connectivity index (χ0n) is 27.2. The highest BCUT2D eigenvalue weighted by Gasteiger charge is 2.28. The molecule has 14 nitrogen and oxygen atoms in total.